The first-order valence-corrected chi connectivity index (χ1v) is 34.3. The van der Waals surface area contributed by atoms with Crippen molar-refractivity contribution in [3.63, 3.8) is 0 Å². The number of carbonyl (C=O) groups is 2. The van der Waals surface area contributed by atoms with E-state index < -0.39 is 12.1 Å². The molecule has 76 heavy (non-hydrogen) atoms. The highest BCUT2D eigenvalue weighted by molar-refractivity contribution is 5.76. The summed E-state index contributed by atoms with van der Waals surface area (Å²) >= 11 is 0. The Morgan fingerprint density at radius 2 is 0.658 bits per heavy atom. The van der Waals surface area contributed by atoms with Gasteiger partial charge in [0, 0.05) is 12.8 Å². The summed E-state index contributed by atoms with van der Waals surface area (Å²) in [6.45, 7) is 4.90. The Morgan fingerprint density at radius 1 is 0.368 bits per heavy atom. The summed E-state index contributed by atoms with van der Waals surface area (Å²) in [6, 6.07) is -0.626. The average molecular weight is 1070 g/mol. The molecule has 0 aromatic rings. The zero-order valence-corrected chi connectivity index (χ0v) is 51.3. The third-order valence-electron chi connectivity index (χ3n) is 15.9. The number of rotatable bonds is 64. The van der Waals surface area contributed by atoms with Crippen LogP contribution in [-0.2, 0) is 14.3 Å². The fourth-order valence-electron chi connectivity index (χ4n) is 10.7. The van der Waals surface area contributed by atoms with Crippen LogP contribution in [0.1, 0.15) is 373 Å². The van der Waals surface area contributed by atoms with Gasteiger partial charge in [0.05, 0.1) is 25.4 Å². The molecule has 0 saturated carbocycles. The number of aliphatic hydroxyl groups excluding tert-OH is 2. The molecule has 0 radical (unpaired) electrons. The number of unbranched alkanes of at least 4 members (excludes halogenated alkanes) is 49. The highest BCUT2D eigenvalue weighted by Crippen LogP contribution is 2.18. The van der Waals surface area contributed by atoms with Gasteiger partial charge < -0.3 is 20.3 Å². The van der Waals surface area contributed by atoms with Crippen LogP contribution in [0.2, 0.25) is 0 Å². The van der Waals surface area contributed by atoms with Crippen LogP contribution in [0, 0.1) is 0 Å². The van der Waals surface area contributed by atoms with Crippen LogP contribution in [-0.4, -0.2) is 47.4 Å². The van der Waals surface area contributed by atoms with Crippen molar-refractivity contribution < 1.29 is 24.5 Å². The highest BCUT2D eigenvalue weighted by atomic mass is 16.5. The molecule has 3 N–H and O–H groups in total. The quantitative estimate of drug-likeness (QED) is 0.0320. The topological polar surface area (TPSA) is 95.9 Å². The van der Waals surface area contributed by atoms with E-state index in [9.17, 15) is 19.8 Å². The number of allylic oxidation sites excluding steroid dienone is 5. The molecule has 1 amide bonds. The van der Waals surface area contributed by atoms with E-state index in [2.05, 4.69) is 43.5 Å². The lowest BCUT2D eigenvalue weighted by molar-refractivity contribution is -0.143. The van der Waals surface area contributed by atoms with Crippen molar-refractivity contribution in [1.29, 1.82) is 0 Å². The van der Waals surface area contributed by atoms with Crippen molar-refractivity contribution >= 4 is 11.9 Å². The first-order valence-electron chi connectivity index (χ1n) is 34.3. The third-order valence-corrected chi connectivity index (χ3v) is 15.9. The molecule has 2 atom stereocenters. The lowest BCUT2D eigenvalue weighted by Crippen LogP contribution is -2.45. The van der Waals surface area contributed by atoms with Crippen molar-refractivity contribution in [2.45, 2.75) is 386 Å². The Labute approximate surface area is 474 Å². The second kappa shape index (κ2) is 65.6. The van der Waals surface area contributed by atoms with Crippen molar-refractivity contribution in [3.05, 3.63) is 36.5 Å². The minimum atomic E-state index is -0.842. The monoisotopic (exact) mass is 1070 g/mol. The first kappa shape index (κ1) is 74.1. The molecule has 0 aliphatic heterocycles. The number of aliphatic hydroxyl groups is 2. The van der Waals surface area contributed by atoms with Gasteiger partial charge in [0.15, 0.2) is 0 Å². The Bertz CT molecular complexity index is 1230. The molecule has 0 aliphatic rings. The smallest absolute Gasteiger partial charge is 0.305 e. The molecule has 0 aromatic heterocycles. The number of amides is 1. The standard InChI is InChI=1S/C70H133NO5/c1-3-5-7-9-11-13-15-17-19-31-36-40-44-48-52-56-60-64-70(75)76-65-61-57-53-49-45-41-37-33-30-28-26-24-22-20-21-23-25-27-29-32-35-39-43-47-51-55-59-63-69(74)71-67(66-72)68(73)62-58-54-50-46-42-38-34-18-16-14-12-10-8-6-4-2/h11,13,17,19,58,62,67-68,72-73H,3-10,12,14-16,18,20-57,59-61,63-66H2,1-2H3,(H,71,74)/b13-11-,19-17-,62-58+. The third kappa shape index (κ3) is 61.3. The maximum atomic E-state index is 12.5. The number of hydrogen-bond acceptors (Lipinski definition) is 5. The molecule has 0 fully saturated rings. The summed E-state index contributed by atoms with van der Waals surface area (Å²) in [5.74, 6) is -0.0532. The lowest BCUT2D eigenvalue weighted by Gasteiger charge is -2.20. The summed E-state index contributed by atoms with van der Waals surface area (Å²) in [6.07, 6.45) is 83.6. The molecule has 6 nitrogen and oxygen atoms in total. The van der Waals surface area contributed by atoms with E-state index >= 15 is 0 Å². The van der Waals surface area contributed by atoms with Crippen LogP contribution in [0.25, 0.3) is 0 Å². The number of hydrogen-bond donors (Lipinski definition) is 3. The predicted octanol–water partition coefficient (Wildman–Crippen LogP) is 21.9. The van der Waals surface area contributed by atoms with E-state index in [1.54, 1.807) is 6.08 Å². The number of nitrogens with one attached hydrogen (secondary N) is 1. The van der Waals surface area contributed by atoms with E-state index in [0.717, 1.165) is 51.4 Å². The van der Waals surface area contributed by atoms with Crippen molar-refractivity contribution in [3.8, 4) is 0 Å². The number of ether oxygens (including phenoxy) is 1. The average Bonchev–Trinajstić information content (AvgIpc) is 3.42. The van der Waals surface area contributed by atoms with Crippen LogP contribution in [0.3, 0.4) is 0 Å². The largest absolute Gasteiger partial charge is 0.466 e. The normalized spacial score (nSPS) is 12.7. The van der Waals surface area contributed by atoms with E-state index in [1.165, 1.54) is 295 Å². The number of carbonyl (C=O) groups excluding carboxylic acids is 2. The molecule has 0 rings (SSSR count). The molecule has 0 aromatic carbocycles. The van der Waals surface area contributed by atoms with Gasteiger partial charge in [-0.25, -0.2) is 0 Å². The van der Waals surface area contributed by atoms with Crippen LogP contribution >= 0.6 is 0 Å². The molecule has 448 valence electrons. The fraction of sp³-hybridized carbons (Fsp3) is 0.886. The van der Waals surface area contributed by atoms with Gasteiger partial charge in [-0.05, 0) is 64.2 Å². The van der Waals surface area contributed by atoms with Crippen LogP contribution in [0.5, 0.6) is 0 Å². The molecule has 0 spiro atoms. The highest BCUT2D eigenvalue weighted by Gasteiger charge is 2.18. The lowest BCUT2D eigenvalue weighted by atomic mass is 10.0. The van der Waals surface area contributed by atoms with Gasteiger partial charge in [0.25, 0.3) is 0 Å². The minimum Gasteiger partial charge on any atom is -0.466 e. The van der Waals surface area contributed by atoms with Crippen molar-refractivity contribution in [2.24, 2.45) is 0 Å². The summed E-state index contributed by atoms with van der Waals surface area (Å²) in [4.78, 5) is 24.6. The van der Waals surface area contributed by atoms with Crippen molar-refractivity contribution in [2.75, 3.05) is 13.2 Å². The summed E-state index contributed by atoms with van der Waals surface area (Å²) in [7, 11) is 0. The van der Waals surface area contributed by atoms with Gasteiger partial charge in [-0.3, -0.25) is 9.59 Å². The summed E-state index contributed by atoms with van der Waals surface area (Å²) in [5.41, 5.74) is 0. The maximum absolute atomic E-state index is 12.5. The Hall–Kier alpha value is -1.92. The van der Waals surface area contributed by atoms with E-state index in [1.807, 2.05) is 6.08 Å². The fourth-order valence-corrected chi connectivity index (χ4v) is 10.7. The van der Waals surface area contributed by atoms with E-state index in [4.69, 9.17) is 4.74 Å². The number of esters is 1. The van der Waals surface area contributed by atoms with Gasteiger partial charge in [0.2, 0.25) is 5.91 Å². The van der Waals surface area contributed by atoms with Gasteiger partial charge in [-0.2, -0.15) is 0 Å². The minimum absolute atomic E-state index is 0.0102. The zero-order valence-electron chi connectivity index (χ0n) is 51.3. The van der Waals surface area contributed by atoms with Gasteiger partial charge in [-0.1, -0.05) is 333 Å². The predicted molar refractivity (Wildman–Crippen MR) is 333 cm³/mol. The Kier molecular flexibility index (Phi) is 63.9. The molecule has 0 bridgehead atoms. The Morgan fingerprint density at radius 3 is 1.03 bits per heavy atom. The Balaban J connectivity index is 3.36. The first-order chi connectivity index (χ1) is 37.5. The summed E-state index contributed by atoms with van der Waals surface area (Å²) < 4.78 is 5.50. The molecule has 0 aliphatic carbocycles. The van der Waals surface area contributed by atoms with Gasteiger partial charge >= 0.3 is 5.97 Å². The molecule has 2 unspecified atom stereocenters. The maximum Gasteiger partial charge on any atom is 0.305 e. The summed E-state index contributed by atoms with van der Waals surface area (Å²) in [5, 5.41) is 23.2. The molecule has 6 heteroatoms. The van der Waals surface area contributed by atoms with E-state index in [-0.39, 0.29) is 18.5 Å². The van der Waals surface area contributed by atoms with Crippen molar-refractivity contribution in [1.82, 2.24) is 5.32 Å². The van der Waals surface area contributed by atoms with Crippen LogP contribution in [0.4, 0.5) is 0 Å². The molecular weight excluding hydrogens is 935 g/mol. The SMILES string of the molecule is CCCCC/C=C\C/C=C\CCCCCCCCCC(=O)OCCCCCCCCCCCCCCCCCCCCCCCCCCCCCC(=O)NC(CO)C(O)/C=C/CCCCCCCCCCCCCCC. The van der Waals surface area contributed by atoms with E-state index in [0.29, 0.717) is 19.4 Å². The van der Waals surface area contributed by atoms with Crippen LogP contribution in [0.15, 0.2) is 36.5 Å². The van der Waals surface area contributed by atoms with Gasteiger partial charge in [-0.15, -0.1) is 0 Å². The second-order valence-corrected chi connectivity index (χ2v) is 23.5. The van der Waals surface area contributed by atoms with Crippen LogP contribution < -0.4 is 5.32 Å². The second-order valence-electron chi connectivity index (χ2n) is 23.5. The van der Waals surface area contributed by atoms with Gasteiger partial charge in [0.1, 0.15) is 0 Å². The molecule has 0 heterocycles. The molecule has 0 saturated heterocycles. The molecular formula is C70H133NO5. The zero-order chi connectivity index (χ0) is 55.0.